The number of carbonyl (C=O) groups is 1. The maximum atomic E-state index is 11.3. The first-order valence-corrected chi connectivity index (χ1v) is 6.31. The molecular formula is C16H20O2. The van der Waals surface area contributed by atoms with Crippen LogP contribution >= 0.6 is 0 Å². The van der Waals surface area contributed by atoms with Gasteiger partial charge in [-0.05, 0) is 24.5 Å². The lowest BCUT2D eigenvalue weighted by Gasteiger charge is -1.98. The van der Waals surface area contributed by atoms with Gasteiger partial charge in [-0.1, -0.05) is 55.8 Å². The molecule has 1 aromatic rings. The summed E-state index contributed by atoms with van der Waals surface area (Å²) in [5, 5.41) is 0. The van der Waals surface area contributed by atoms with Gasteiger partial charge in [-0.3, -0.25) is 0 Å². The second kappa shape index (κ2) is 8.29. The normalized spacial score (nSPS) is 11.2. The molecule has 0 saturated heterocycles. The third kappa shape index (κ3) is 5.48. The Kier molecular flexibility index (Phi) is 6.55. The van der Waals surface area contributed by atoms with Gasteiger partial charge in [-0.25, -0.2) is 4.79 Å². The van der Waals surface area contributed by atoms with Crippen molar-refractivity contribution >= 4 is 12.0 Å². The van der Waals surface area contributed by atoms with E-state index in [9.17, 15) is 4.79 Å². The van der Waals surface area contributed by atoms with E-state index >= 15 is 0 Å². The summed E-state index contributed by atoms with van der Waals surface area (Å²) >= 11 is 0. The van der Waals surface area contributed by atoms with E-state index < -0.39 is 0 Å². The summed E-state index contributed by atoms with van der Waals surface area (Å²) in [4.78, 5) is 11.3. The summed E-state index contributed by atoms with van der Waals surface area (Å²) in [7, 11) is 0. The van der Waals surface area contributed by atoms with Crippen molar-refractivity contribution < 1.29 is 9.53 Å². The largest absolute Gasteiger partial charge is 0.463 e. The molecule has 0 N–H and O–H groups in total. The Bertz CT molecular complexity index is 430. The van der Waals surface area contributed by atoms with Crippen LogP contribution in [0.3, 0.4) is 0 Å². The zero-order valence-electron chi connectivity index (χ0n) is 11.1. The van der Waals surface area contributed by atoms with Crippen LogP contribution in [0.1, 0.15) is 30.9 Å². The predicted molar refractivity (Wildman–Crippen MR) is 75.2 cm³/mol. The number of hydrogen-bond acceptors (Lipinski definition) is 2. The fourth-order valence-corrected chi connectivity index (χ4v) is 1.43. The molecule has 0 aliphatic rings. The topological polar surface area (TPSA) is 26.3 Å². The number of aryl methyl sites for hydroxylation is 1. The number of rotatable bonds is 6. The lowest BCUT2D eigenvalue weighted by Crippen LogP contribution is -2.01. The molecule has 0 radical (unpaired) electrons. The highest BCUT2D eigenvalue weighted by Crippen LogP contribution is 2.08. The van der Waals surface area contributed by atoms with Crippen LogP contribution in [0, 0.1) is 6.92 Å². The number of allylic oxidation sites excluding steroid dienone is 2. The minimum Gasteiger partial charge on any atom is -0.463 e. The number of benzene rings is 1. The van der Waals surface area contributed by atoms with Gasteiger partial charge < -0.3 is 4.74 Å². The number of ether oxygens (including phenoxy) is 1. The predicted octanol–water partition coefficient (Wildman–Crippen LogP) is 3.91. The number of esters is 1. The van der Waals surface area contributed by atoms with E-state index in [4.69, 9.17) is 4.74 Å². The minimum absolute atomic E-state index is 0.280. The Balaban J connectivity index is 2.40. The van der Waals surface area contributed by atoms with Crippen LogP contribution in [0.25, 0.3) is 6.08 Å². The van der Waals surface area contributed by atoms with Crippen molar-refractivity contribution in [2.45, 2.75) is 26.7 Å². The summed E-state index contributed by atoms with van der Waals surface area (Å²) in [6, 6.07) is 8.10. The van der Waals surface area contributed by atoms with Gasteiger partial charge in [0.15, 0.2) is 0 Å². The van der Waals surface area contributed by atoms with Gasteiger partial charge in [-0.15, -0.1) is 0 Å². The molecule has 0 spiro atoms. The zero-order chi connectivity index (χ0) is 13.2. The Morgan fingerprint density at radius 1 is 1.28 bits per heavy atom. The first kappa shape index (κ1) is 14.2. The summed E-state index contributed by atoms with van der Waals surface area (Å²) in [5.74, 6) is -0.280. The number of hydrogen-bond donors (Lipinski definition) is 0. The van der Waals surface area contributed by atoms with Gasteiger partial charge in [-0.2, -0.15) is 0 Å². The number of unbranched alkanes of at least 4 members (excludes halogenated alkanes) is 1. The fourth-order valence-electron chi connectivity index (χ4n) is 1.43. The summed E-state index contributed by atoms with van der Waals surface area (Å²) < 4.78 is 5.00. The standard InChI is InChI=1S/C16H20O2/c1-3-4-13-18-16(17)12-8-7-11-15-10-6-5-9-14(15)2/h5-12H,3-4,13H2,1-2H3. The molecule has 0 saturated carbocycles. The first-order valence-electron chi connectivity index (χ1n) is 6.31. The summed E-state index contributed by atoms with van der Waals surface area (Å²) in [6.07, 6.45) is 8.93. The van der Waals surface area contributed by atoms with Crippen LogP contribution < -0.4 is 0 Å². The van der Waals surface area contributed by atoms with E-state index in [0.717, 1.165) is 18.4 Å². The first-order chi connectivity index (χ1) is 8.74. The van der Waals surface area contributed by atoms with Crippen molar-refractivity contribution in [3.63, 3.8) is 0 Å². The second-order valence-electron chi connectivity index (χ2n) is 4.10. The molecular weight excluding hydrogens is 224 g/mol. The maximum absolute atomic E-state index is 11.3. The Labute approximate surface area is 109 Å². The highest BCUT2D eigenvalue weighted by atomic mass is 16.5. The Hall–Kier alpha value is -1.83. The van der Waals surface area contributed by atoms with Crippen molar-refractivity contribution in [1.29, 1.82) is 0 Å². The van der Waals surface area contributed by atoms with Crippen LogP contribution in [0.15, 0.2) is 42.5 Å². The van der Waals surface area contributed by atoms with E-state index in [-0.39, 0.29) is 5.97 Å². The average Bonchev–Trinajstić information content (AvgIpc) is 2.37. The van der Waals surface area contributed by atoms with Crippen LogP contribution in [0.4, 0.5) is 0 Å². The van der Waals surface area contributed by atoms with Crippen LogP contribution in [-0.4, -0.2) is 12.6 Å². The molecule has 0 amide bonds. The summed E-state index contributed by atoms with van der Waals surface area (Å²) in [6.45, 7) is 4.62. The molecule has 0 fully saturated rings. The number of carbonyl (C=O) groups excluding carboxylic acids is 1. The van der Waals surface area contributed by atoms with E-state index in [1.165, 1.54) is 11.6 Å². The molecule has 0 unspecified atom stereocenters. The van der Waals surface area contributed by atoms with Crippen molar-refractivity contribution in [3.05, 3.63) is 53.6 Å². The molecule has 2 nitrogen and oxygen atoms in total. The lowest BCUT2D eigenvalue weighted by atomic mass is 10.1. The molecule has 0 aliphatic heterocycles. The van der Waals surface area contributed by atoms with Crippen molar-refractivity contribution in [2.24, 2.45) is 0 Å². The smallest absolute Gasteiger partial charge is 0.330 e. The van der Waals surface area contributed by atoms with E-state index in [1.54, 1.807) is 6.08 Å². The molecule has 0 bridgehead atoms. The third-order valence-electron chi connectivity index (χ3n) is 2.55. The van der Waals surface area contributed by atoms with Gasteiger partial charge in [0.1, 0.15) is 0 Å². The Morgan fingerprint density at radius 2 is 2.06 bits per heavy atom. The van der Waals surface area contributed by atoms with Gasteiger partial charge >= 0.3 is 5.97 Å². The highest BCUT2D eigenvalue weighted by molar-refractivity contribution is 5.82. The van der Waals surface area contributed by atoms with Crippen molar-refractivity contribution in [3.8, 4) is 0 Å². The van der Waals surface area contributed by atoms with Crippen molar-refractivity contribution in [2.75, 3.05) is 6.61 Å². The fraction of sp³-hybridized carbons (Fsp3) is 0.312. The van der Waals surface area contributed by atoms with Crippen LogP contribution in [0.2, 0.25) is 0 Å². The van der Waals surface area contributed by atoms with Gasteiger partial charge in [0, 0.05) is 6.08 Å². The van der Waals surface area contributed by atoms with Gasteiger partial charge in [0.05, 0.1) is 6.61 Å². The molecule has 1 rings (SSSR count). The van der Waals surface area contributed by atoms with Crippen LogP contribution in [0.5, 0.6) is 0 Å². The molecule has 96 valence electrons. The quantitative estimate of drug-likeness (QED) is 0.328. The molecule has 0 heterocycles. The molecule has 1 aromatic carbocycles. The minimum atomic E-state index is -0.280. The molecule has 2 heteroatoms. The molecule has 0 aromatic heterocycles. The van der Waals surface area contributed by atoms with Gasteiger partial charge in [0.25, 0.3) is 0 Å². The van der Waals surface area contributed by atoms with E-state index in [2.05, 4.69) is 19.9 Å². The SMILES string of the molecule is CCCCOC(=O)C=CC=Cc1ccccc1C. The maximum Gasteiger partial charge on any atom is 0.330 e. The van der Waals surface area contributed by atoms with Crippen molar-refractivity contribution in [1.82, 2.24) is 0 Å². The van der Waals surface area contributed by atoms with E-state index in [1.807, 2.05) is 30.4 Å². The second-order valence-corrected chi connectivity index (χ2v) is 4.10. The summed E-state index contributed by atoms with van der Waals surface area (Å²) in [5.41, 5.74) is 2.37. The van der Waals surface area contributed by atoms with E-state index in [0.29, 0.717) is 6.61 Å². The highest BCUT2D eigenvalue weighted by Gasteiger charge is 1.94. The lowest BCUT2D eigenvalue weighted by molar-refractivity contribution is -0.137. The monoisotopic (exact) mass is 244 g/mol. The average molecular weight is 244 g/mol. The van der Waals surface area contributed by atoms with Gasteiger partial charge in [0.2, 0.25) is 0 Å². The molecule has 18 heavy (non-hydrogen) atoms. The molecule has 0 atom stereocenters. The van der Waals surface area contributed by atoms with Crippen LogP contribution in [-0.2, 0) is 9.53 Å². The zero-order valence-corrected chi connectivity index (χ0v) is 11.1. The molecule has 0 aliphatic carbocycles. The Morgan fingerprint density at radius 3 is 2.78 bits per heavy atom. The third-order valence-corrected chi connectivity index (χ3v) is 2.55.